The van der Waals surface area contributed by atoms with Gasteiger partial charge in [-0.3, -0.25) is 4.79 Å². The number of methoxy groups -OCH3 is 1. The molecule has 0 heterocycles. The molecule has 8 heteroatoms. The Kier molecular flexibility index (Phi) is 7.80. The van der Waals surface area contributed by atoms with Gasteiger partial charge < -0.3 is 14.2 Å². The smallest absolute Gasteiger partial charge is 0.332 e. The summed E-state index contributed by atoms with van der Waals surface area (Å²) in [7, 11) is 1.38. The second kappa shape index (κ2) is 8.87. The zero-order valence-electron chi connectivity index (χ0n) is 12.9. The lowest BCUT2D eigenvalue weighted by molar-refractivity contribution is -0.153. The van der Waals surface area contributed by atoms with E-state index < -0.39 is 16.4 Å². The highest BCUT2D eigenvalue weighted by molar-refractivity contribution is 9.09. The number of hydrogen-bond acceptors (Lipinski definition) is 5. The summed E-state index contributed by atoms with van der Waals surface area (Å²) in [4.78, 5) is 23.8. The van der Waals surface area contributed by atoms with E-state index in [1.807, 2.05) is 0 Å². The normalized spacial score (nSPS) is 12.6. The lowest BCUT2D eigenvalue weighted by Crippen LogP contribution is -2.38. The molecule has 0 aliphatic heterocycles. The minimum absolute atomic E-state index is 0.0894. The van der Waals surface area contributed by atoms with Crippen molar-refractivity contribution < 1.29 is 23.8 Å². The maximum atomic E-state index is 12.5. The van der Waals surface area contributed by atoms with E-state index in [1.54, 1.807) is 26.0 Å². The van der Waals surface area contributed by atoms with Crippen LogP contribution in [0.2, 0.25) is 10.0 Å². The third-order valence-electron chi connectivity index (χ3n) is 2.85. The van der Waals surface area contributed by atoms with E-state index >= 15 is 0 Å². The average Bonchev–Trinajstić information content (AvgIpc) is 2.47. The highest BCUT2D eigenvalue weighted by Crippen LogP contribution is 2.31. The van der Waals surface area contributed by atoms with Crippen LogP contribution in [0.3, 0.4) is 0 Å². The van der Waals surface area contributed by atoms with Gasteiger partial charge in [-0.05, 0) is 48.0 Å². The number of halogens is 3. The average molecular weight is 428 g/mol. The fraction of sp³-hybridized carbons (Fsp3) is 0.467. The summed E-state index contributed by atoms with van der Waals surface area (Å²) in [6.45, 7) is 3.04. The van der Waals surface area contributed by atoms with E-state index in [1.165, 1.54) is 13.2 Å². The van der Waals surface area contributed by atoms with Crippen LogP contribution in [-0.4, -0.2) is 37.1 Å². The first-order valence-corrected chi connectivity index (χ1v) is 8.29. The molecule has 1 unspecified atom stereocenters. The van der Waals surface area contributed by atoms with Crippen LogP contribution in [0.1, 0.15) is 13.8 Å². The topological polar surface area (TPSA) is 61.8 Å². The molecular weight excluding hydrogens is 411 g/mol. The third-order valence-corrected chi connectivity index (χ3v) is 3.99. The summed E-state index contributed by atoms with van der Waals surface area (Å²) >= 11 is 15.0. The van der Waals surface area contributed by atoms with Crippen LogP contribution in [-0.2, 0) is 19.1 Å². The van der Waals surface area contributed by atoms with Crippen molar-refractivity contribution in [3.05, 3.63) is 28.2 Å². The van der Waals surface area contributed by atoms with Crippen LogP contribution in [0.5, 0.6) is 5.75 Å². The number of carbonyl (C=O) groups excluding carboxylic acids is 2. The van der Waals surface area contributed by atoms with E-state index in [0.717, 1.165) is 0 Å². The van der Waals surface area contributed by atoms with Gasteiger partial charge in [-0.1, -0.05) is 23.2 Å². The first-order chi connectivity index (χ1) is 10.7. The Balaban J connectivity index is 2.68. The highest BCUT2D eigenvalue weighted by atomic mass is 79.9. The molecule has 1 atom stereocenters. The van der Waals surface area contributed by atoms with Crippen molar-refractivity contribution in [3.63, 3.8) is 0 Å². The van der Waals surface area contributed by atoms with Crippen molar-refractivity contribution in [2.45, 2.75) is 18.9 Å². The van der Waals surface area contributed by atoms with Crippen LogP contribution in [0, 0.1) is 5.41 Å². The van der Waals surface area contributed by atoms with Gasteiger partial charge in [0, 0.05) is 12.1 Å². The Bertz CT molecular complexity index is 577. The monoisotopic (exact) mass is 426 g/mol. The first-order valence-electron chi connectivity index (χ1n) is 6.62. The lowest BCUT2D eigenvalue weighted by atomic mass is 9.89. The van der Waals surface area contributed by atoms with E-state index in [0.29, 0.717) is 15.8 Å². The largest absolute Gasteiger partial charge is 0.470 e. The van der Waals surface area contributed by atoms with E-state index in [9.17, 15) is 9.59 Å². The molecule has 0 bridgehead atoms. The number of rotatable bonds is 8. The van der Waals surface area contributed by atoms with Crippen molar-refractivity contribution in [1.82, 2.24) is 0 Å². The van der Waals surface area contributed by atoms with E-state index in [2.05, 4.69) is 20.7 Å². The molecule has 0 amide bonds. The van der Waals surface area contributed by atoms with E-state index in [4.69, 9.17) is 32.7 Å². The Morgan fingerprint density at radius 1 is 1.30 bits per heavy atom. The van der Waals surface area contributed by atoms with Gasteiger partial charge in [-0.15, -0.1) is 0 Å². The van der Waals surface area contributed by atoms with Gasteiger partial charge in [0.2, 0.25) is 5.01 Å². The summed E-state index contributed by atoms with van der Waals surface area (Å²) in [5, 5.41) is -0.193. The number of hydrogen-bond donors (Lipinski definition) is 0. The molecule has 0 aromatic heterocycles. The maximum absolute atomic E-state index is 12.5. The predicted octanol–water partition coefficient (Wildman–Crippen LogP) is 3.88. The van der Waals surface area contributed by atoms with Gasteiger partial charge in [0.15, 0.2) is 5.78 Å². The molecule has 1 rings (SSSR count). The van der Waals surface area contributed by atoms with Crippen molar-refractivity contribution in [3.8, 4) is 5.75 Å². The second-order valence-electron chi connectivity index (χ2n) is 5.35. The summed E-state index contributed by atoms with van der Waals surface area (Å²) in [5.74, 6) is -0.520. The van der Waals surface area contributed by atoms with Crippen LogP contribution in [0.25, 0.3) is 0 Å². The Morgan fingerprint density at radius 3 is 2.52 bits per heavy atom. The minimum Gasteiger partial charge on any atom is -0.470 e. The van der Waals surface area contributed by atoms with Crippen LogP contribution >= 0.6 is 39.1 Å². The number of carbonyl (C=O) groups is 2. The van der Waals surface area contributed by atoms with E-state index in [-0.39, 0.29) is 19.0 Å². The fourth-order valence-electron chi connectivity index (χ4n) is 1.53. The summed E-state index contributed by atoms with van der Waals surface area (Å²) in [6, 6.07) is 4.68. The molecule has 0 saturated heterocycles. The van der Waals surface area contributed by atoms with Crippen LogP contribution < -0.4 is 4.74 Å². The van der Waals surface area contributed by atoms with Crippen LogP contribution in [0.15, 0.2) is 18.2 Å². The predicted molar refractivity (Wildman–Crippen MR) is 91.4 cm³/mol. The zero-order chi connectivity index (χ0) is 17.6. The molecule has 5 nitrogen and oxygen atoms in total. The van der Waals surface area contributed by atoms with Gasteiger partial charge in [0.25, 0.3) is 0 Å². The molecule has 23 heavy (non-hydrogen) atoms. The number of esters is 1. The fourth-order valence-corrected chi connectivity index (χ4v) is 2.81. The molecule has 0 aliphatic rings. The third kappa shape index (κ3) is 6.30. The SMILES string of the molecule is COCC(=O)OCC(C)(C)C(=O)C(Br)Oc1ccc(Cl)cc1Cl. The lowest BCUT2D eigenvalue weighted by Gasteiger charge is -2.25. The molecule has 0 fully saturated rings. The molecular formula is C15H17BrCl2O5. The molecule has 0 saturated carbocycles. The molecule has 1 aromatic carbocycles. The van der Waals surface area contributed by atoms with Gasteiger partial charge in [-0.25, -0.2) is 4.79 Å². The van der Waals surface area contributed by atoms with Crippen molar-refractivity contribution >= 4 is 50.9 Å². The Hall–Kier alpha value is -0.820. The number of benzene rings is 1. The Labute approximate surface area is 153 Å². The maximum Gasteiger partial charge on any atom is 0.332 e. The first kappa shape index (κ1) is 20.2. The quantitative estimate of drug-likeness (QED) is 0.465. The summed E-state index contributed by atoms with van der Waals surface area (Å²) in [5.41, 5.74) is -0.948. The van der Waals surface area contributed by atoms with Crippen molar-refractivity contribution in [2.24, 2.45) is 5.41 Å². The molecule has 1 aromatic rings. The van der Waals surface area contributed by atoms with Gasteiger partial charge in [0.1, 0.15) is 19.0 Å². The Morgan fingerprint density at radius 2 is 1.96 bits per heavy atom. The van der Waals surface area contributed by atoms with Gasteiger partial charge in [0.05, 0.1) is 10.4 Å². The molecule has 128 valence electrons. The highest BCUT2D eigenvalue weighted by Gasteiger charge is 2.35. The summed E-state index contributed by atoms with van der Waals surface area (Å²) < 4.78 is 15.2. The van der Waals surface area contributed by atoms with Crippen LogP contribution in [0.4, 0.5) is 0 Å². The zero-order valence-corrected chi connectivity index (χ0v) is 16.0. The van der Waals surface area contributed by atoms with Gasteiger partial charge in [-0.2, -0.15) is 0 Å². The molecule has 0 radical (unpaired) electrons. The van der Waals surface area contributed by atoms with Crippen molar-refractivity contribution in [1.29, 1.82) is 0 Å². The molecule has 0 aliphatic carbocycles. The standard InChI is InChI=1S/C15H17BrCl2O5/c1-15(2,8-22-12(19)7-21-3)13(20)14(16)23-11-5-4-9(17)6-10(11)18/h4-6,14H,7-8H2,1-3H3. The number of ether oxygens (including phenoxy) is 3. The van der Waals surface area contributed by atoms with Gasteiger partial charge >= 0.3 is 5.97 Å². The molecule has 0 N–H and O–H groups in total. The number of alkyl halides is 1. The number of Topliss-reactive ketones (excluding diaryl/α,β-unsaturated/α-hetero) is 1. The van der Waals surface area contributed by atoms with Crippen molar-refractivity contribution in [2.75, 3.05) is 20.3 Å². The minimum atomic E-state index is -0.948. The number of ketones is 1. The summed E-state index contributed by atoms with van der Waals surface area (Å²) in [6.07, 6.45) is 0. The second-order valence-corrected chi connectivity index (χ2v) is 7.03. The molecule has 0 spiro atoms.